The molecule has 0 unspecified atom stereocenters. The van der Waals surface area contributed by atoms with Crippen molar-refractivity contribution < 1.29 is 4.79 Å². The topological polar surface area (TPSA) is 61.4 Å². The minimum Gasteiger partial charge on any atom is -0.367 e. The number of nitrogens with zero attached hydrogens (tertiary/aromatic N) is 4. The van der Waals surface area contributed by atoms with Gasteiger partial charge in [-0.1, -0.05) is 29.8 Å². The van der Waals surface area contributed by atoms with Gasteiger partial charge in [0.2, 0.25) is 5.91 Å². The van der Waals surface area contributed by atoms with Crippen molar-refractivity contribution >= 4 is 17.4 Å². The summed E-state index contributed by atoms with van der Waals surface area (Å²) in [6.45, 7) is 6.56. The molecule has 2 aliphatic rings. The zero-order valence-corrected chi connectivity index (χ0v) is 16.6. The molecule has 2 aliphatic heterocycles. The van der Waals surface area contributed by atoms with Crippen LogP contribution >= 0.6 is 0 Å². The van der Waals surface area contributed by atoms with Gasteiger partial charge in [-0.05, 0) is 38.2 Å². The van der Waals surface area contributed by atoms with Gasteiger partial charge in [-0.3, -0.25) is 4.79 Å². The van der Waals surface area contributed by atoms with Crippen LogP contribution in [-0.4, -0.2) is 42.1 Å². The molecule has 148 valence electrons. The predicted octanol–water partition coefficient (Wildman–Crippen LogP) is 2.92. The number of anilines is 2. The largest absolute Gasteiger partial charge is 0.367 e. The van der Waals surface area contributed by atoms with Crippen molar-refractivity contribution in [3.05, 3.63) is 47.9 Å². The Hall–Kier alpha value is -2.63. The summed E-state index contributed by atoms with van der Waals surface area (Å²) in [6, 6.07) is 8.32. The van der Waals surface area contributed by atoms with Crippen molar-refractivity contribution in [2.45, 2.75) is 39.2 Å². The van der Waals surface area contributed by atoms with Gasteiger partial charge in [-0.2, -0.15) is 0 Å². The molecule has 1 aromatic heterocycles. The number of carbonyl (C=O) groups is 1. The zero-order chi connectivity index (χ0) is 19.3. The van der Waals surface area contributed by atoms with Gasteiger partial charge >= 0.3 is 0 Å². The van der Waals surface area contributed by atoms with E-state index in [1.165, 1.54) is 18.4 Å². The smallest absolute Gasteiger partial charge is 0.223 e. The molecule has 0 atom stereocenters. The normalized spacial score (nSPS) is 17.8. The Kier molecular flexibility index (Phi) is 5.74. The van der Waals surface area contributed by atoms with E-state index in [1.54, 1.807) is 6.33 Å². The molecule has 2 fully saturated rings. The lowest BCUT2D eigenvalue weighted by atomic mass is 9.95. The quantitative estimate of drug-likeness (QED) is 0.866. The van der Waals surface area contributed by atoms with E-state index in [0.717, 1.165) is 56.1 Å². The molecule has 1 N–H and O–H groups in total. The molecule has 0 aliphatic carbocycles. The number of rotatable bonds is 5. The number of amides is 1. The van der Waals surface area contributed by atoms with Crippen LogP contribution in [0.4, 0.5) is 11.5 Å². The Labute approximate surface area is 167 Å². The molecule has 4 rings (SSSR count). The van der Waals surface area contributed by atoms with Gasteiger partial charge in [0.05, 0.1) is 11.9 Å². The van der Waals surface area contributed by atoms with Crippen LogP contribution in [0, 0.1) is 12.8 Å². The number of aromatic nitrogens is 2. The predicted molar refractivity (Wildman–Crippen MR) is 111 cm³/mol. The van der Waals surface area contributed by atoms with Crippen molar-refractivity contribution in [2.75, 3.05) is 36.0 Å². The minimum atomic E-state index is 0.0848. The monoisotopic (exact) mass is 379 g/mol. The third-order valence-corrected chi connectivity index (χ3v) is 5.87. The molecule has 2 aromatic rings. The van der Waals surface area contributed by atoms with Gasteiger partial charge in [0.15, 0.2) is 5.82 Å². The molecule has 6 heteroatoms. The Morgan fingerprint density at radius 3 is 2.50 bits per heavy atom. The van der Waals surface area contributed by atoms with E-state index in [4.69, 9.17) is 0 Å². The van der Waals surface area contributed by atoms with Gasteiger partial charge in [-0.15, -0.1) is 0 Å². The second kappa shape index (κ2) is 8.59. The minimum absolute atomic E-state index is 0.0848. The first kappa shape index (κ1) is 18.7. The highest BCUT2D eigenvalue weighted by molar-refractivity contribution is 5.79. The molecule has 6 nitrogen and oxygen atoms in total. The Morgan fingerprint density at radius 1 is 1.07 bits per heavy atom. The molecule has 0 bridgehead atoms. The molecule has 3 heterocycles. The van der Waals surface area contributed by atoms with E-state index in [1.807, 2.05) is 6.20 Å². The van der Waals surface area contributed by atoms with Crippen molar-refractivity contribution in [3.63, 3.8) is 0 Å². The average molecular weight is 380 g/mol. The molecule has 1 aromatic carbocycles. The second-order valence-electron chi connectivity index (χ2n) is 7.89. The summed E-state index contributed by atoms with van der Waals surface area (Å²) in [5.74, 6) is 1.31. The molecular weight excluding hydrogens is 350 g/mol. The molecular formula is C22H29N5O. The maximum Gasteiger partial charge on any atom is 0.223 e. The first-order valence-electron chi connectivity index (χ1n) is 10.3. The van der Waals surface area contributed by atoms with Crippen LogP contribution in [0.1, 0.15) is 36.8 Å². The molecule has 28 heavy (non-hydrogen) atoms. The number of piperidine rings is 1. The fourth-order valence-corrected chi connectivity index (χ4v) is 4.13. The SMILES string of the molecule is Cc1ccc(CNC(=O)C2CCN(c3cncnc3N3CCCC3)CC2)cc1. The molecule has 0 radical (unpaired) electrons. The van der Waals surface area contributed by atoms with E-state index < -0.39 is 0 Å². The van der Waals surface area contributed by atoms with Crippen molar-refractivity contribution in [1.29, 1.82) is 0 Å². The zero-order valence-electron chi connectivity index (χ0n) is 16.6. The summed E-state index contributed by atoms with van der Waals surface area (Å²) in [5, 5.41) is 3.11. The van der Waals surface area contributed by atoms with E-state index in [0.29, 0.717) is 6.54 Å². The van der Waals surface area contributed by atoms with E-state index in [2.05, 4.69) is 56.3 Å². The fraction of sp³-hybridized carbons (Fsp3) is 0.500. The number of aryl methyl sites for hydroxylation is 1. The lowest BCUT2D eigenvalue weighted by molar-refractivity contribution is -0.125. The third-order valence-electron chi connectivity index (χ3n) is 5.87. The first-order chi connectivity index (χ1) is 13.7. The van der Waals surface area contributed by atoms with Crippen LogP contribution in [0.15, 0.2) is 36.8 Å². The summed E-state index contributed by atoms with van der Waals surface area (Å²) >= 11 is 0. The number of hydrogen-bond acceptors (Lipinski definition) is 5. The van der Waals surface area contributed by atoms with E-state index in [9.17, 15) is 4.79 Å². The third kappa shape index (κ3) is 4.26. The van der Waals surface area contributed by atoms with Gasteiger partial charge in [0.1, 0.15) is 6.33 Å². The number of benzene rings is 1. The highest BCUT2D eigenvalue weighted by Crippen LogP contribution is 2.31. The molecule has 0 spiro atoms. The maximum absolute atomic E-state index is 12.6. The first-order valence-corrected chi connectivity index (χ1v) is 10.3. The summed E-state index contributed by atoms with van der Waals surface area (Å²) < 4.78 is 0. The average Bonchev–Trinajstić information content (AvgIpc) is 3.28. The number of carbonyl (C=O) groups excluding carboxylic acids is 1. The van der Waals surface area contributed by atoms with Gasteiger partial charge < -0.3 is 15.1 Å². The van der Waals surface area contributed by atoms with Crippen LogP contribution in [0.2, 0.25) is 0 Å². The Bertz CT molecular complexity index is 793. The van der Waals surface area contributed by atoms with Gasteiger partial charge in [0.25, 0.3) is 0 Å². The van der Waals surface area contributed by atoms with E-state index in [-0.39, 0.29) is 11.8 Å². The standard InChI is InChI=1S/C22H29N5O/c1-17-4-6-18(7-5-17)14-24-22(28)19-8-12-26(13-9-19)20-15-23-16-25-21(20)27-10-2-3-11-27/h4-7,15-16,19H,2-3,8-14H2,1H3,(H,24,28). The van der Waals surface area contributed by atoms with Crippen LogP contribution in [0.25, 0.3) is 0 Å². The highest BCUT2D eigenvalue weighted by atomic mass is 16.1. The van der Waals surface area contributed by atoms with E-state index >= 15 is 0 Å². The van der Waals surface area contributed by atoms with Gasteiger partial charge in [0, 0.05) is 38.6 Å². The number of nitrogens with one attached hydrogen (secondary N) is 1. The summed E-state index contributed by atoms with van der Waals surface area (Å²) in [6.07, 6.45) is 7.77. The fourth-order valence-electron chi connectivity index (χ4n) is 4.13. The Morgan fingerprint density at radius 2 is 1.79 bits per heavy atom. The number of hydrogen-bond donors (Lipinski definition) is 1. The van der Waals surface area contributed by atoms with Crippen molar-refractivity contribution in [3.8, 4) is 0 Å². The summed E-state index contributed by atoms with van der Waals surface area (Å²) in [4.78, 5) is 26.1. The highest BCUT2D eigenvalue weighted by Gasteiger charge is 2.28. The van der Waals surface area contributed by atoms with Crippen LogP contribution in [-0.2, 0) is 11.3 Å². The molecule has 0 saturated carbocycles. The van der Waals surface area contributed by atoms with Crippen LogP contribution in [0.5, 0.6) is 0 Å². The summed E-state index contributed by atoms with van der Waals surface area (Å²) in [7, 11) is 0. The Balaban J connectivity index is 1.32. The lowest BCUT2D eigenvalue weighted by Crippen LogP contribution is -2.41. The summed E-state index contributed by atoms with van der Waals surface area (Å²) in [5.41, 5.74) is 3.50. The van der Waals surface area contributed by atoms with Crippen LogP contribution in [0.3, 0.4) is 0 Å². The molecule has 1 amide bonds. The lowest BCUT2D eigenvalue weighted by Gasteiger charge is -2.34. The second-order valence-corrected chi connectivity index (χ2v) is 7.89. The maximum atomic E-state index is 12.6. The van der Waals surface area contributed by atoms with Crippen molar-refractivity contribution in [2.24, 2.45) is 5.92 Å². The molecule has 2 saturated heterocycles. The van der Waals surface area contributed by atoms with Gasteiger partial charge in [-0.25, -0.2) is 9.97 Å². The van der Waals surface area contributed by atoms with Crippen LogP contribution < -0.4 is 15.1 Å². The van der Waals surface area contributed by atoms with Crippen molar-refractivity contribution in [1.82, 2.24) is 15.3 Å².